The van der Waals surface area contributed by atoms with Gasteiger partial charge in [0.05, 0.1) is 5.69 Å². The first-order chi connectivity index (χ1) is 6.80. The molecule has 1 rings (SSSR count). The first-order valence-electron chi connectivity index (χ1n) is 5.05. The zero-order valence-electron chi connectivity index (χ0n) is 9.76. The highest BCUT2D eigenvalue weighted by Gasteiger charge is 2.29. The zero-order chi connectivity index (χ0) is 11.8. The highest BCUT2D eigenvalue weighted by atomic mass is 32.1. The summed E-state index contributed by atoms with van der Waals surface area (Å²) in [6.45, 7) is 7.37. The lowest BCUT2D eigenvalue weighted by Gasteiger charge is -2.30. The molecule has 0 unspecified atom stereocenters. The second-order valence-corrected chi connectivity index (χ2v) is 5.25. The lowest BCUT2D eigenvalue weighted by atomic mass is 9.82. The lowest BCUT2D eigenvalue weighted by molar-refractivity contribution is 0.577. The fourth-order valence-electron chi connectivity index (χ4n) is 1.75. The van der Waals surface area contributed by atoms with Gasteiger partial charge >= 0.3 is 0 Å². The topological polar surface area (TPSA) is 46.3 Å². The summed E-state index contributed by atoms with van der Waals surface area (Å²) in [5.74, 6) is 0. The van der Waals surface area contributed by atoms with Crippen molar-refractivity contribution in [2.24, 2.45) is 5.73 Å². The maximum absolute atomic E-state index is 11.7. The summed E-state index contributed by atoms with van der Waals surface area (Å²) >= 11 is 5.07. The maximum Gasteiger partial charge on any atom is 0.204 e. The van der Waals surface area contributed by atoms with E-state index in [9.17, 15) is 4.79 Å². The maximum atomic E-state index is 11.7. The molecule has 0 aliphatic carbocycles. The molecule has 0 saturated carbocycles. The molecule has 0 aliphatic rings. The van der Waals surface area contributed by atoms with Crippen LogP contribution in [0.4, 0.5) is 5.69 Å². The molecule has 0 amide bonds. The summed E-state index contributed by atoms with van der Waals surface area (Å²) in [6.07, 6.45) is 0. The third-order valence-corrected chi connectivity index (χ3v) is 2.86. The van der Waals surface area contributed by atoms with Gasteiger partial charge in [0, 0.05) is 25.7 Å². The normalized spacial score (nSPS) is 12.1. The number of likely N-dealkylation sites (N-methyl/N-ethyl adjacent to an activating group) is 1. The summed E-state index contributed by atoms with van der Waals surface area (Å²) < 4.78 is 0.455. The highest BCUT2D eigenvalue weighted by molar-refractivity contribution is 7.71. The quantitative estimate of drug-likeness (QED) is 0.790. The molecule has 0 heterocycles. The number of hydrogen-bond acceptors (Lipinski definition) is 4. The molecule has 0 radical (unpaired) electrons. The first-order valence-corrected chi connectivity index (χ1v) is 5.46. The van der Waals surface area contributed by atoms with Crippen LogP contribution < -0.4 is 16.1 Å². The Bertz CT molecular complexity index is 424. The van der Waals surface area contributed by atoms with Gasteiger partial charge in [0.2, 0.25) is 5.43 Å². The average Bonchev–Trinajstić information content (AvgIpc) is 2.10. The summed E-state index contributed by atoms with van der Waals surface area (Å²) in [6, 6.07) is 0. The molecule has 1 aromatic carbocycles. The van der Waals surface area contributed by atoms with E-state index in [-0.39, 0.29) is 10.8 Å². The van der Waals surface area contributed by atoms with Gasteiger partial charge in [-0.2, -0.15) is 0 Å². The minimum atomic E-state index is -0.141. The largest absolute Gasteiger partial charge is 0.372 e. The van der Waals surface area contributed by atoms with E-state index >= 15 is 0 Å². The third kappa shape index (κ3) is 2.11. The van der Waals surface area contributed by atoms with Gasteiger partial charge in [-0.15, -0.1) is 0 Å². The molecule has 0 spiro atoms. The molecule has 3 nitrogen and oxygen atoms in total. The Labute approximate surface area is 95.6 Å². The molecule has 0 atom stereocenters. The molecule has 0 aromatic heterocycles. The monoisotopic (exact) mass is 226 g/mol. The minimum absolute atomic E-state index is 0.0244. The smallest absolute Gasteiger partial charge is 0.204 e. The Kier molecular flexibility index (Phi) is 3.31. The van der Waals surface area contributed by atoms with Gasteiger partial charge in [-0.1, -0.05) is 33.0 Å². The van der Waals surface area contributed by atoms with E-state index in [0.29, 0.717) is 11.1 Å². The zero-order valence-corrected chi connectivity index (χ0v) is 10.6. The molecule has 0 saturated heterocycles. The molecule has 2 N–H and O–H groups in total. The van der Waals surface area contributed by atoms with Crippen LogP contribution in [0.5, 0.6) is 0 Å². The molecular formula is C11H18N2OS. The predicted molar refractivity (Wildman–Crippen MR) is 66.9 cm³/mol. The van der Waals surface area contributed by atoms with Crippen molar-refractivity contribution in [2.75, 3.05) is 25.0 Å². The second kappa shape index (κ2) is 4.02. The van der Waals surface area contributed by atoms with Crippen molar-refractivity contribution < 1.29 is 0 Å². The summed E-state index contributed by atoms with van der Waals surface area (Å²) in [5.41, 5.74) is 7.12. The predicted octanol–water partition coefficient (Wildman–Crippen LogP) is 1.34. The van der Waals surface area contributed by atoms with Crippen molar-refractivity contribution in [3.63, 3.8) is 0 Å². The molecule has 4 heteroatoms. The van der Waals surface area contributed by atoms with Crippen LogP contribution in [0, 0.1) is 4.51 Å². The SMILES string of the molecule is CN(CCN)c1c(C(C)(C)C)c(=O)c1=S. The van der Waals surface area contributed by atoms with Gasteiger partial charge in [0.25, 0.3) is 0 Å². The number of nitrogens with zero attached hydrogens (tertiary/aromatic N) is 1. The fraction of sp³-hybridized carbons (Fsp3) is 0.636. The Morgan fingerprint density at radius 2 is 1.93 bits per heavy atom. The minimum Gasteiger partial charge on any atom is -0.372 e. The molecular weight excluding hydrogens is 208 g/mol. The van der Waals surface area contributed by atoms with Crippen molar-refractivity contribution in [2.45, 2.75) is 26.2 Å². The Morgan fingerprint density at radius 3 is 2.33 bits per heavy atom. The van der Waals surface area contributed by atoms with Gasteiger partial charge in [0.1, 0.15) is 4.51 Å². The van der Waals surface area contributed by atoms with E-state index in [4.69, 9.17) is 18.0 Å². The van der Waals surface area contributed by atoms with Crippen LogP contribution in [-0.2, 0) is 5.41 Å². The Morgan fingerprint density at radius 1 is 1.40 bits per heavy atom. The van der Waals surface area contributed by atoms with Crippen molar-refractivity contribution in [1.29, 1.82) is 0 Å². The van der Waals surface area contributed by atoms with Crippen LogP contribution in [0.3, 0.4) is 0 Å². The molecule has 0 aliphatic heterocycles. The average molecular weight is 226 g/mol. The van der Waals surface area contributed by atoms with Gasteiger partial charge < -0.3 is 10.6 Å². The van der Waals surface area contributed by atoms with Crippen molar-refractivity contribution >= 4 is 17.9 Å². The van der Waals surface area contributed by atoms with E-state index in [0.717, 1.165) is 17.8 Å². The van der Waals surface area contributed by atoms with E-state index in [1.165, 1.54) is 0 Å². The first kappa shape index (κ1) is 12.3. The highest BCUT2D eigenvalue weighted by Crippen LogP contribution is 2.32. The summed E-state index contributed by atoms with van der Waals surface area (Å²) in [5, 5.41) is 0. The van der Waals surface area contributed by atoms with Gasteiger partial charge in [-0.05, 0) is 5.41 Å². The van der Waals surface area contributed by atoms with Crippen LogP contribution in [0.2, 0.25) is 0 Å². The van der Waals surface area contributed by atoms with E-state index in [1.54, 1.807) is 0 Å². The third-order valence-electron chi connectivity index (χ3n) is 2.48. The van der Waals surface area contributed by atoms with Crippen LogP contribution in [-0.4, -0.2) is 20.1 Å². The van der Waals surface area contributed by atoms with Gasteiger partial charge in [-0.3, -0.25) is 4.79 Å². The molecule has 1 aromatic rings. The number of rotatable bonds is 3. The molecule has 0 fully saturated rings. The van der Waals surface area contributed by atoms with Crippen molar-refractivity contribution in [3.8, 4) is 0 Å². The number of nitrogens with two attached hydrogens (primary N) is 1. The van der Waals surface area contributed by atoms with E-state index in [1.807, 2.05) is 32.7 Å². The van der Waals surface area contributed by atoms with Crippen LogP contribution in [0.15, 0.2) is 4.79 Å². The van der Waals surface area contributed by atoms with E-state index < -0.39 is 0 Å². The summed E-state index contributed by atoms with van der Waals surface area (Å²) in [7, 11) is 1.92. The Balaban J connectivity index is 3.16. The number of anilines is 1. The van der Waals surface area contributed by atoms with E-state index in [2.05, 4.69) is 0 Å². The van der Waals surface area contributed by atoms with Gasteiger partial charge in [0.15, 0.2) is 0 Å². The van der Waals surface area contributed by atoms with Gasteiger partial charge in [-0.25, -0.2) is 0 Å². The Hall–Kier alpha value is -0.740. The summed E-state index contributed by atoms with van der Waals surface area (Å²) in [4.78, 5) is 13.6. The number of hydrogen-bond donors (Lipinski definition) is 1. The molecule has 84 valence electrons. The fourth-order valence-corrected chi connectivity index (χ4v) is 2.11. The van der Waals surface area contributed by atoms with Crippen molar-refractivity contribution in [3.05, 3.63) is 20.3 Å². The van der Waals surface area contributed by atoms with Crippen LogP contribution >= 0.6 is 12.2 Å². The van der Waals surface area contributed by atoms with Crippen LogP contribution in [0.1, 0.15) is 26.3 Å². The van der Waals surface area contributed by atoms with Crippen LogP contribution in [0.25, 0.3) is 0 Å². The standard InChI is InChI=1S/C11H18N2OS/c1-11(2,3)7-8(10(15)9(7)14)13(4)6-5-12/h5-6,12H2,1-4H3. The second-order valence-electron chi connectivity index (χ2n) is 4.84. The molecule has 0 bridgehead atoms. The lowest BCUT2D eigenvalue weighted by Crippen LogP contribution is -2.36. The van der Waals surface area contributed by atoms with Crippen molar-refractivity contribution in [1.82, 2.24) is 0 Å². The molecule has 15 heavy (non-hydrogen) atoms.